The summed E-state index contributed by atoms with van der Waals surface area (Å²) in [5, 5.41) is 21.6. The molecular weight excluding hydrogens is 216 g/mol. The number of aliphatic hydroxyl groups is 1. The molecule has 0 bridgehead atoms. The maximum atomic E-state index is 10.6. The van der Waals surface area contributed by atoms with Crippen molar-refractivity contribution in [3.63, 3.8) is 0 Å². The summed E-state index contributed by atoms with van der Waals surface area (Å²) >= 11 is 1.05. The number of carboxylic acid groups (broad SMARTS) is 1. The van der Waals surface area contributed by atoms with Gasteiger partial charge in [0.1, 0.15) is 4.88 Å². The highest BCUT2D eigenvalue weighted by molar-refractivity contribution is 7.17. The number of aliphatic hydroxyl groups excluding tert-OH is 1. The molecule has 0 aromatic carbocycles. The second-order valence-electron chi connectivity index (χ2n) is 3.86. The minimum Gasteiger partial charge on any atom is -0.477 e. The van der Waals surface area contributed by atoms with Crippen LogP contribution in [0.15, 0.2) is 6.20 Å². The van der Waals surface area contributed by atoms with Gasteiger partial charge in [0.15, 0.2) is 5.13 Å². The molecule has 0 fully saturated rings. The molecular formula is C9H14N2O3S. The zero-order valence-electron chi connectivity index (χ0n) is 8.81. The number of hydrogen-bond acceptors (Lipinski definition) is 5. The maximum Gasteiger partial charge on any atom is 0.347 e. The summed E-state index contributed by atoms with van der Waals surface area (Å²) in [5.41, 5.74) is -0.534. The molecule has 0 spiro atoms. The van der Waals surface area contributed by atoms with Crippen molar-refractivity contribution in [2.24, 2.45) is 0 Å². The molecule has 0 radical (unpaired) electrons. The van der Waals surface area contributed by atoms with Crippen LogP contribution in [-0.2, 0) is 0 Å². The van der Waals surface area contributed by atoms with Crippen LogP contribution in [0.1, 0.15) is 30.4 Å². The van der Waals surface area contributed by atoms with Crippen LogP contribution >= 0.6 is 11.3 Å². The van der Waals surface area contributed by atoms with E-state index < -0.39 is 17.6 Å². The van der Waals surface area contributed by atoms with Crippen molar-refractivity contribution < 1.29 is 15.0 Å². The van der Waals surface area contributed by atoms with Crippen molar-refractivity contribution in [2.45, 2.75) is 32.4 Å². The van der Waals surface area contributed by atoms with E-state index in [1.807, 2.05) is 13.8 Å². The molecule has 0 saturated heterocycles. The molecule has 1 heterocycles. The first-order valence-corrected chi connectivity index (χ1v) is 5.30. The molecule has 6 heteroatoms. The summed E-state index contributed by atoms with van der Waals surface area (Å²) in [5.74, 6) is -0.990. The normalized spacial score (nSPS) is 13.6. The van der Waals surface area contributed by atoms with Crippen LogP contribution < -0.4 is 5.32 Å². The molecule has 1 rings (SSSR count). The van der Waals surface area contributed by atoms with E-state index in [0.717, 1.165) is 11.3 Å². The highest BCUT2D eigenvalue weighted by Gasteiger charge is 2.25. The molecule has 0 amide bonds. The molecule has 1 atom stereocenters. The van der Waals surface area contributed by atoms with Gasteiger partial charge in [0, 0.05) is 0 Å². The first-order chi connectivity index (χ1) is 6.83. The van der Waals surface area contributed by atoms with Crippen molar-refractivity contribution in [1.82, 2.24) is 4.98 Å². The first-order valence-electron chi connectivity index (χ1n) is 4.48. The van der Waals surface area contributed by atoms with Crippen LogP contribution in [0.2, 0.25) is 0 Å². The second kappa shape index (κ2) is 4.16. The zero-order valence-corrected chi connectivity index (χ0v) is 9.63. The minimum absolute atomic E-state index is 0.180. The third-order valence-corrected chi connectivity index (χ3v) is 3.09. The van der Waals surface area contributed by atoms with Gasteiger partial charge in [-0.15, -0.1) is 0 Å². The van der Waals surface area contributed by atoms with E-state index in [-0.39, 0.29) is 4.88 Å². The number of thiazole rings is 1. The number of aromatic carboxylic acids is 1. The fourth-order valence-electron chi connectivity index (χ4n) is 0.811. The van der Waals surface area contributed by atoms with Crippen molar-refractivity contribution in [3.8, 4) is 0 Å². The smallest absolute Gasteiger partial charge is 0.347 e. The van der Waals surface area contributed by atoms with Crippen LogP contribution in [0.25, 0.3) is 0 Å². The van der Waals surface area contributed by atoms with Gasteiger partial charge in [-0.05, 0) is 20.8 Å². The molecule has 0 aliphatic rings. The molecule has 0 saturated carbocycles. The van der Waals surface area contributed by atoms with Crippen molar-refractivity contribution >= 4 is 22.4 Å². The fraction of sp³-hybridized carbons (Fsp3) is 0.556. The van der Waals surface area contributed by atoms with Gasteiger partial charge in [-0.25, -0.2) is 9.78 Å². The summed E-state index contributed by atoms with van der Waals surface area (Å²) in [7, 11) is 0. The Morgan fingerprint density at radius 2 is 2.27 bits per heavy atom. The average Bonchev–Trinajstić information content (AvgIpc) is 2.51. The number of carbonyl (C=O) groups is 1. The van der Waals surface area contributed by atoms with Crippen LogP contribution in [-0.4, -0.2) is 32.8 Å². The van der Waals surface area contributed by atoms with Gasteiger partial charge >= 0.3 is 5.97 Å². The van der Waals surface area contributed by atoms with Gasteiger partial charge < -0.3 is 15.5 Å². The number of hydrogen-bond donors (Lipinski definition) is 3. The Balaban J connectivity index is 2.77. The molecule has 1 aromatic heterocycles. The Morgan fingerprint density at radius 3 is 2.67 bits per heavy atom. The van der Waals surface area contributed by atoms with Gasteiger partial charge in [0.2, 0.25) is 0 Å². The zero-order chi connectivity index (χ0) is 11.6. The molecule has 5 nitrogen and oxygen atoms in total. The van der Waals surface area contributed by atoms with Gasteiger partial charge in [-0.1, -0.05) is 11.3 Å². The number of anilines is 1. The lowest BCUT2D eigenvalue weighted by Crippen LogP contribution is -2.41. The van der Waals surface area contributed by atoms with E-state index in [9.17, 15) is 9.90 Å². The molecule has 0 aliphatic heterocycles. The average molecular weight is 230 g/mol. The van der Waals surface area contributed by atoms with E-state index in [2.05, 4.69) is 10.3 Å². The van der Waals surface area contributed by atoms with E-state index >= 15 is 0 Å². The number of carboxylic acids is 1. The summed E-state index contributed by atoms with van der Waals surface area (Å²) in [6.07, 6.45) is 0.739. The standard InChI is InChI=1S/C9H14N2O3S/c1-5(12)9(2,3)11-8-10-4-6(15-8)7(13)14/h4-5,12H,1-3H3,(H,10,11)(H,13,14). The van der Waals surface area contributed by atoms with Crippen LogP contribution in [0.3, 0.4) is 0 Å². The maximum absolute atomic E-state index is 10.6. The van der Waals surface area contributed by atoms with Gasteiger partial charge in [0.25, 0.3) is 0 Å². The Labute approximate surface area is 91.8 Å². The van der Waals surface area contributed by atoms with Crippen LogP contribution in [0, 0.1) is 0 Å². The predicted octanol–water partition coefficient (Wildman–Crippen LogP) is 1.41. The number of aromatic nitrogens is 1. The number of nitrogens with zero attached hydrogens (tertiary/aromatic N) is 1. The van der Waals surface area contributed by atoms with Crippen molar-refractivity contribution in [3.05, 3.63) is 11.1 Å². The van der Waals surface area contributed by atoms with Crippen molar-refractivity contribution in [2.75, 3.05) is 5.32 Å². The second-order valence-corrected chi connectivity index (χ2v) is 4.89. The molecule has 15 heavy (non-hydrogen) atoms. The number of nitrogens with one attached hydrogen (secondary N) is 1. The first kappa shape index (κ1) is 11.9. The lowest BCUT2D eigenvalue weighted by Gasteiger charge is -2.28. The highest BCUT2D eigenvalue weighted by Crippen LogP contribution is 2.23. The van der Waals surface area contributed by atoms with E-state index in [1.165, 1.54) is 6.20 Å². The molecule has 1 unspecified atom stereocenters. The highest BCUT2D eigenvalue weighted by atomic mass is 32.1. The minimum atomic E-state index is -0.990. The quantitative estimate of drug-likeness (QED) is 0.728. The summed E-state index contributed by atoms with van der Waals surface area (Å²) in [6.45, 7) is 5.30. The van der Waals surface area contributed by atoms with E-state index in [4.69, 9.17) is 5.11 Å². The SMILES string of the molecule is CC(O)C(C)(C)Nc1ncc(C(=O)O)s1. The molecule has 0 aliphatic carbocycles. The van der Waals surface area contributed by atoms with Crippen molar-refractivity contribution in [1.29, 1.82) is 0 Å². The summed E-state index contributed by atoms with van der Waals surface area (Å²) in [4.78, 5) is 14.7. The van der Waals surface area contributed by atoms with E-state index in [1.54, 1.807) is 6.92 Å². The Morgan fingerprint density at radius 1 is 1.67 bits per heavy atom. The molecule has 3 N–H and O–H groups in total. The Hall–Kier alpha value is -1.14. The molecule has 1 aromatic rings. The summed E-state index contributed by atoms with van der Waals surface area (Å²) < 4.78 is 0. The lowest BCUT2D eigenvalue weighted by molar-refractivity contribution is 0.0702. The lowest BCUT2D eigenvalue weighted by atomic mass is 9.99. The molecule has 84 valence electrons. The Bertz CT molecular complexity index is 360. The number of rotatable bonds is 4. The van der Waals surface area contributed by atoms with Gasteiger partial charge in [-0.2, -0.15) is 0 Å². The van der Waals surface area contributed by atoms with E-state index in [0.29, 0.717) is 5.13 Å². The largest absolute Gasteiger partial charge is 0.477 e. The Kier molecular flexibility index (Phi) is 3.31. The van der Waals surface area contributed by atoms with Gasteiger partial charge in [0.05, 0.1) is 17.8 Å². The monoisotopic (exact) mass is 230 g/mol. The van der Waals surface area contributed by atoms with Crippen LogP contribution in [0.5, 0.6) is 0 Å². The van der Waals surface area contributed by atoms with Crippen LogP contribution in [0.4, 0.5) is 5.13 Å². The predicted molar refractivity (Wildman–Crippen MR) is 58.5 cm³/mol. The van der Waals surface area contributed by atoms with Gasteiger partial charge in [-0.3, -0.25) is 0 Å². The third-order valence-electron chi connectivity index (χ3n) is 2.19. The summed E-state index contributed by atoms with van der Waals surface area (Å²) in [6, 6.07) is 0. The third kappa shape index (κ3) is 2.90. The fourth-order valence-corrected chi connectivity index (χ4v) is 1.63. The topological polar surface area (TPSA) is 82.5 Å².